The van der Waals surface area contributed by atoms with Crippen LogP contribution in [0.15, 0.2) is 6.33 Å². The number of fused-ring (bicyclic) bond motifs is 1. The lowest BCUT2D eigenvalue weighted by Crippen LogP contribution is -2.37. The van der Waals surface area contributed by atoms with Crippen LogP contribution in [-0.4, -0.2) is 63.9 Å². The van der Waals surface area contributed by atoms with Crippen molar-refractivity contribution in [2.24, 2.45) is 0 Å². The zero-order chi connectivity index (χ0) is 22.3. The van der Waals surface area contributed by atoms with Crippen molar-refractivity contribution < 1.29 is 23.8 Å². The van der Waals surface area contributed by atoms with Gasteiger partial charge in [0, 0.05) is 13.8 Å². The van der Waals surface area contributed by atoms with E-state index in [2.05, 4.69) is 30.4 Å². The van der Waals surface area contributed by atoms with Crippen molar-refractivity contribution in [1.29, 1.82) is 0 Å². The van der Waals surface area contributed by atoms with E-state index in [1.165, 1.54) is 29.5 Å². The third-order valence-electron chi connectivity index (χ3n) is 4.42. The Morgan fingerprint density at radius 1 is 1.16 bits per heavy atom. The van der Waals surface area contributed by atoms with Crippen LogP contribution in [0.4, 0.5) is 0 Å². The molecule has 4 atom stereocenters. The van der Waals surface area contributed by atoms with E-state index in [9.17, 15) is 9.59 Å². The summed E-state index contributed by atoms with van der Waals surface area (Å²) < 4.78 is 18.5. The first-order valence-electron chi connectivity index (χ1n) is 9.11. The normalized spacial score (nSPS) is 23.3. The van der Waals surface area contributed by atoms with Crippen LogP contribution in [-0.2, 0) is 30.3 Å². The minimum absolute atomic E-state index is 0.0384. The van der Waals surface area contributed by atoms with Gasteiger partial charge in [0.05, 0.1) is 12.9 Å². The fourth-order valence-electron chi connectivity index (χ4n) is 3.26. The van der Waals surface area contributed by atoms with Gasteiger partial charge >= 0.3 is 11.9 Å². The molecule has 0 N–H and O–H groups in total. The summed E-state index contributed by atoms with van der Waals surface area (Å²) in [5.41, 5.74) is 0.498. The maximum absolute atomic E-state index is 11.9. The molecular formula is C16H16Cl2N8O5. The van der Waals surface area contributed by atoms with Crippen molar-refractivity contribution in [2.45, 2.75) is 51.9 Å². The Labute approximate surface area is 184 Å². The molecule has 1 fully saturated rings. The second kappa shape index (κ2) is 8.32. The molecule has 15 heteroatoms. The molecule has 4 rings (SSSR count). The van der Waals surface area contributed by atoms with Gasteiger partial charge < -0.3 is 14.2 Å². The first kappa shape index (κ1) is 21.3. The Kier molecular flexibility index (Phi) is 5.73. The molecule has 0 amide bonds. The topological polar surface area (TPSA) is 149 Å². The quantitative estimate of drug-likeness (QED) is 0.301. The van der Waals surface area contributed by atoms with Crippen molar-refractivity contribution in [2.75, 3.05) is 0 Å². The summed E-state index contributed by atoms with van der Waals surface area (Å²) >= 11 is 12.1. The van der Waals surface area contributed by atoms with Gasteiger partial charge in [-0.3, -0.25) is 14.2 Å². The standard InChI is InChI=1S/C16H16Cl2N8O5/c1-4-26-23-13(22-24-26)10-9(29-6(2)27)11(30-7(3)28)15(31-10)25-5-19-8-12(17)20-16(18)21-14(8)25/h5,9-11,15H,4H2,1-3H3/t9-,10+,11-,15?/m1/s1. The van der Waals surface area contributed by atoms with Crippen molar-refractivity contribution in [3.05, 3.63) is 22.6 Å². The van der Waals surface area contributed by atoms with E-state index in [4.69, 9.17) is 37.4 Å². The van der Waals surface area contributed by atoms with Crippen LogP contribution in [0.25, 0.3) is 11.2 Å². The van der Waals surface area contributed by atoms with E-state index in [1.54, 1.807) is 0 Å². The number of nitrogens with zero attached hydrogens (tertiary/aromatic N) is 8. The number of ether oxygens (including phenoxy) is 3. The number of hydrogen-bond acceptors (Lipinski definition) is 11. The lowest BCUT2D eigenvalue weighted by molar-refractivity contribution is -0.165. The molecule has 13 nitrogen and oxygen atoms in total. The van der Waals surface area contributed by atoms with Gasteiger partial charge in [0.15, 0.2) is 35.3 Å². The lowest BCUT2D eigenvalue weighted by Gasteiger charge is -2.23. The van der Waals surface area contributed by atoms with Crippen molar-refractivity contribution in [3.63, 3.8) is 0 Å². The second-order valence-corrected chi connectivity index (χ2v) is 7.24. The predicted molar refractivity (Wildman–Crippen MR) is 103 cm³/mol. The van der Waals surface area contributed by atoms with E-state index < -0.39 is 36.5 Å². The predicted octanol–water partition coefficient (Wildman–Crippen LogP) is 1.27. The minimum Gasteiger partial charge on any atom is -0.455 e. The van der Waals surface area contributed by atoms with Gasteiger partial charge in [-0.25, -0.2) is 9.97 Å². The number of carbonyl (C=O) groups excluding carboxylic acids is 2. The number of aryl methyl sites for hydroxylation is 1. The summed E-state index contributed by atoms with van der Waals surface area (Å²) in [5.74, 6) is -1.07. The van der Waals surface area contributed by atoms with Gasteiger partial charge in [0.2, 0.25) is 11.1 Å². The fourth-order valence-corrected chi connectivity index (χ4v) is 3.68. The molecule has 1 aliphatic heterocycles. The van der Waals surface area contributed by atoms with Crippen LogP contribution in [0.3, 0.4) is 0 Å². The van der Waals surface area contributed by atoms with E-state index in [-0.39, 0.29) is 27.4 Å². The van der Waals surface area contributed by atoms with Crippen LogP contribution in [0, 0.1) is 0 Å². The van der Waals surface area contributed by atoms with Crippen LogP contribution in [0.5, 0.6) is 0 Å². The first-order chi connectivity index (χ1) is 14.8. The number of carbonyl (C=O) groups is 2. The summed E-state index contributed by atoms with van der Waals surface area (Å²) in [6.45, 7) is 4.75. The largest absolute Gasteiger partial charge is 0.455 e. The maximum atomic E-state index is 11.9. The highest BCUT2D eigenvalue weighted by atomic mass is 35.5. The van der Waals surface area contributed by atoms with Crippen molar-refractivity contribution >= 4 is 46.3 Å². The fraction of sp³-hybridized carbons (Fsp3) is 0.500. The van der Waals surface area contributed by atoms with E-state index >= 15 is 0 Å². The summed E-state index contributed by atoms with van der Waals surface area (Å²) in [4.78, 5) is 37.2. The van der Waals surface area contributed by atoms with Gasteiger partial charge in [-0.1, -0.05) is 11.6 Å². The molecule has 0 spiro atoms. The van der Waals surface area contributed by atoms with Gasteiger partial charge in [-0.05, 0) is 23.7 Å². The monoisotopic (exact) mass is 470 g/mol. The molecule has 3 aromatic rings. The Bertz CT molecular complexity index is 1150. The lowest BCUT2D eigenvalue weighted by atomic mass is 10.1. The molecule has 31 heavy (non-hydrogen) atoms. The molecule has 1 unspecified atom stereocenters. The van der Waals surface area contributed by atoms with E-state index in [0.717, 1.165) is 0 Å². The van der Waals surface area contributed by atoms with Crippen LogP contribution < -0.4 is 0 Å². The van der Waals surface area contributed by atoms with Gasteiger partial charge in [0.25, 0.3) is 0 Å². The molecule has 1 aliphatic rings. The Hall–Kier alpha value is -2.90. The number of tetrazole rings is 1. The Balaban J connectivity index is 1.82. The molecule has 0 bridgehead atoms. The average molecular weight is 471 g/mol. The van der Waals surface area contributed by atoms with E-state index in [0.29, 0.717) is 6.54 Å². The SMILES string of the molecule is CCn1nnc([C@H]2OC(n3cnc4c(Cl)nc(Cl)nc43)[C@H](OC(C)=O)[C@@H]2OC(C)=O)n1. The van der Waals surface area contributed by atoms with Gasteiger partial charge in [-0.15, -0.1) is 10.2 Å². The zero-order valence-corrected chi connectivity index (χ0v) is 18.0. The highest BCUT2D eigenvalue weighted by molar-refractivity contribution is 6.35. The number of hydrogen-bond donors (Lipinski definition) is 0. The van der Waals surface area contributed by atoms with Crippen molar-refractivity contribution in [1.82, 2.24) is 39.7 Å². The molecule has 1 saturated heterocycles. The molecule has 4 heterocycles. The average Bonchev–Trinajstić information content (AvgIpc) is 3.39. The summed E-state index contributed by atoms with van der Waals surface area (Å²) in [5, 5.41) is 12.1. The van der Waals surface area contributed by atoms with Gasteiger partial charge in [-0.2, -0.15) is 9.78 Å². The molecule has 0 radical (unpaired) electrons. The zero-order valence-electron chi connectivity index (χ0n) is 16.5. The summed E-state index contributed by atoms with van der Waals surface area (Å²) in [6, 6.07) is 0. The highest BCUT2D eigenvalue weighted by Gasteiger charge is 2.53. The molecule has 164 valence electrons. The molecular weight excluding hydrogens is 455 g/mol. The number of aromatic nitrogens is 8. The smallest absolute Gasteiger partial charge is 0.303 e. The minimum atomic E-state index is -1.08. The third kappa shape index (κ3) is 4.03. The van der Waals surface area contributed by atoms with Gasteiger partial charge in [0.1, 0.15) is 5.52 Å². The number of imidazole rings is 1. The summed E-state index contributed by atoms with van der Waals surface area (Å²) in [6.07, 6.45) is -2.76. The second-order valence-electron chi connectivity index (χ2n) is 6.54. The van der Waals surface area contributed by atoms with Crippen LogP contribution in [0.1, 0.15) is 38.9 Å². The number of esters is 2. The van der Waals surface area contributed by atoms with Crippen molar-refractivity contribution in [3.8, 4) is 0 Å². The van der Waals surface area contributed by atoms with E-state index in [1.807, 2.05) is 6.92 Å². The molecule has 0 saturated carbocycles. The van der Waals surface area contributed by atoms with Crippen LogP contribution in [0.2, 0.25) is 10.4 Å². The summed E-state index contributed by atoms with van der Waals surface area (Å²) in [7, 11) is 0. The highest BCUT2D eigenvalue weighted by Crippen LogP contribution is 2.42. The Morgan fingerprint density at radius 3 is 2.52 bits per heavy atom. The number of halogens is 2. The molecule has 0 aliphatic carbocycles. The molecule has 3 aromatic heterocycles. The first-order valence-corrected chi connectivity index (χ1v) is 9.87. The maximum Gasteiger partial charge on any atom is 0.303 e. The van der Waals surface area contributed by atoms with Crippen LogP contribution >= 0.6 is 23.2 Å². The Morgan fingerprint density at radius 2 is 1.87 bits per heavy atom. The number of rotatable bonds is 5. The third-order valence-corrected chi connectivity index (χ3v) is 4.86. The molecule has 0 aromatic carbocycles.